The molecule has 0 aliphatic heterocycles. The topological polar surface area (TPSA) is 62.0 Å². The molecule has 4 heteroatoms. The highest BCUT2D eigenvalue weighted by Gasteiger charge is 2.19. The zero-order valence-electron chi connectivity index (χ0n) is 15.1. The zero-order chi connectivity index (χ0) is 17.9. The van der Waals surface area contributed by atoms with Crippen LogP contribution in [-0.2, 0) is 0 Å². The van der Waals surface area contributed by atoms with Crippen LogP contribution in [-0.4, -0.2) is 10.9 Å². The average molecular weight is 326 g/mol. The standard InChI is InChI=1S/C20H26N2O2/c1-6-17(15-8-7-13(4)14(5)11-15)21-20(24)16-9-10-18(23)22-19(16)12(2)3/h7-12,17H,6H2,1-5H3,(H,21,24)(H,22,23). The first-order valence-electron chi connectivity index (χ1n) is 8.44. The molecule has 0 radical (unpaired) electrons. The molecule has 2 rings (SSSR count). The monoisotopic (exact) mass is 326 g/mol. The lowest BCUT2D eigenvalue weighted by Gasteiger charge is -2.20. The summed E-state index contributed by atoms with van der Waals surface area (Å²) in [5, 5.41) is 3.10. The van der Waals surface area contributed by atoms with E-state index in [0.29, 0.717) is 11.3 Å². The second kappa shape index (κ2) is 7.47. The molecule has 0 bridgehead atoms. The maximum atomic E-state index is 12.7. The summed E-state index contributed by atoms with van der Waals surface area (Å²) in [6, 6.07) is 9.23. The van der Waals surface area contributed by atoms with Crippen LogP contribution in [0.3, 0.4) is 0 Å². The molecular formula is C20H26N2O2. The number of benzene rings is 1. The number of hydrogen-bond acceptors (Lipinski definition) is 2. The van der Waals surface area contributed by atoms with Gasteiger partial charge < -0.3 is 10.3 Å². The number of carbonyl (C=O) groups is 1. The van der Waals surface area contributed by atoms with Crippen molar-refractivity contribution in [2.75, 3.05) is 0 Å². The van der Waals surface area contributed by atoms with Crippen molar-refractivity contribution in [2.45, 2.75) is 53.0 Å². The first-order chi connectivity index (χ1) is 11.3. The molecule has 24 heavy (non-hydrogen) atoms. The minimum atomic E-state index is -0.184. The van der Waals surface area contributed by atoms with Gasteiger partial charge in [0.25, 0.3) is 5.91 Å². The Morgan fingerprint density at radius 1 is 1.12 bits per heavy atom. The lowest BCUT2D eigenvalue weighted by atomic mass is 9.98. The predicted octanol–water partition coefficient (Wildman–Crippen LogP) is 4.00. The number of hydrogen-bond donors (Lipinski definition) is 2. The number of aromatic amines is 1. The van der Waals surface area contributed by atoms with Gasteiger partial charge in [0, 0.05) is 11.8 Å². The summed E-state index contributed by atoms with van der Waals surface area (Å²) in [5.41, 5.74) is 4.58. The SMILES string of the molecule is CCC(NC(=O)c1ccc(=O)[nH]c1C(C)C)c1ccc(C)c(C)c1. The number of pyridine rings is 1. The highest BCUT2D eigenvalue weighted by atomic mass is 16.2. The molecule has 0 fully saturated rings. The molecular weight excluding hydrogens is 300 g/mol. The molecule has 0 saturated heterocycles. The highest BCUT2D eigenvalue weighted by molar-refractivity contribution is 5.95. The fraction of sp³-hybridized carbons (Fsp3) is 0.400. The van der Waals surface area contributed by atoms with Gasteiger partial charge in [-0.25, -0.2) is 0 Å². The second-order valence-corrected chi connectivity index (χ2v) is 6.58. The predicted molar refractivity (Wildman–Crippen MR) is 97.6 cm³/mol. The molecule has 1 aromatic heterocycles. The number of aromatic nitrogens is 1. The lowest BCUT2D eigenvalue weighted by Crippen LogP contribution is -2.30. The quantitative estimate of drug-likeness (QED) is 0.872. The Kier molecular flexibility index (Phi) is 5.60. The van der Waals surface area contributed by atoms with Gasteiger partial charge in [0.1, 0.15) is 0 Å². The third kappa shape index (κ3) is 3.94. The van der Waals surface area contributed by atoms with Crippen LogP contribution in [0.15, 0.2) is 35.1 Å². The van der Waals surface area contributed by atoms with Crippen LogP contribution >= 0.6 is 0 Å². The van der Waals surface area contributed by atoms with Crippen molar-refractivity contribution in [1.29, 1.82) is 0 Å². The molecule has 0 aliphatic carbocycles. The van der Waals surface area contributed by atoms with E-state index in [1.54, 1.807) is 6.07 Å². The number of nitrogens with one attached hydrogen (secondary N) is 2. The highest BCUT2D eigenvalue weighted by Crippen LogP contribution is 2.22. The van der Waals surface area contributed by atoms with E-state index in [-0.39, 0.29) is 23.4 Å². The van der Waals surface area contributed by atoms with Gasteiger partial charge in [-0.15, -0.1) is 0 Å². The van der Waals surface area contributed by atoms with Crippen LogP contribution in [0.2, 0.25) is 0 Å². The number of carbonyl (C=O) groups excluding carboxylic acids is 1. The number of H-pyrrole nitrogens is 1. The molecule has 128 valence electrons. The van der Waals surface area contributed by atoms with Crippen LogP contribution in [0.5, 0.6) is 0 Å². The van der Waals surface area contributed by atoms with Crippen molar-refractivity contribution >= 4 is 5.91 Å². The minimum Gasteiger partial charge on any atom is -0.345 e. The van der Waals surface area contributed by atoms with Crippen LogP contribution < -0.4 is 10.9 Å². The van der Waals surface area contributed by atoms with Crippen molar-refractivity contribution in [3.63, 3.8) is 0 Å². The fourth-order valence-corrected chi connectivity index (χ4v) is 2.78. The summed E-state index contributed by atoms with van der Waals surface area (Å²) < 4.78 is 0. The Morgan fingerprint density at radius 3 is 2.42 bits per heavy atom. The molecule has 1 aromatic carbocycles. The summed E-state index contributed by atoms with van der Waals surface area (Å²) in [6.07, 6.45) is 0.800. The van der Waals surface area contributed by atoms with Gasteiger partial charge in [-0.2, -0.15) is 0 Å². The molecule has 0 aliphatic rings. The molecule has 1 atom stereocenters. The second-order valence-electron chi connectivity index (χ2n) is 6.58. The summed E-state index contributed by atoms with van der Waals surface area (Å²) in [5.74, 6) is -0.0821. The Labute approximate surface area is 143 Å². The third-order valence-electron chi connectivity index (χ3n) is 4.42. The average Bonchev–Trinajstić information content (AvgIpc) is 2.54. The van der Waals surface area contributed by atoms with Gasteiger partial charge in [-0.1, -0.05) is 39.0 Å². The Morgan fingerprint density at radius 2 is 1.83 bits per heavy atom. The maximum absolute atomic E-state index is 12.7. The van der Waals surface area contributed by atoms with Crippen LogP contribution in [0.4, 0.5) is 0 Å². The number of rotatable bonds is 5. The molecule has 2 N–H and O–H groups in total. The minimum absolute atomic E-state index is 0.0521. The van der Waals surface area contributed by atoms with Crippen molar-refractivity contribution in [1.82, 2.24) is 10.3 Å². The first kappa shape index (κ1) is 18.0. The molecule has 1 amide bonds. The van der Waals surface area contributed by atoms with E-state index in [1.165, 1.54) is 17.2 Å². The van der Waals surface area contributed by atoms with Gasteiger partial charge in [0.15, 0.2) is 0 Å². The summed E-state index contributed by atoms with van der Waals surface area (Å²) in [7, 11) is 0. The normalized spacial score (nSPS) is 12.2. The smallest absolute Gasteiger partial charge is 0.253 e. The summed E-state index contributed by atoms with van der Waals surface area (Å²) >= 11 is 0. The maximum Gasteiger partial charge on any atom is 0.253 e. The van der Waals surface area contributed by atoms with Crippen molar-refractivity contribution < 1.29 is 4.79 Å². The van der Waals surface area contributed by atoms with Gasteiger partial charge >= 0.3 is 0 Å². The van der Waals surface area contributed by atoms with Crippen LogP contribution in [0.25, 0.3) is 0 Å². The molecule has 4 nitrogen and oxygen atoms in total. The number of aryl methyl sites for hydroxylation is 2. The van der Waals surface area contributed by atoms with E-state index in [1.807, 2.05) is 13.8 Å². The summed E-state index contributed by atoms with van der Waals surface area (Å²) in [6.45, 7) is 10.1. The van der Waals surface area contributed by atoms with Crippen molar-refractivity contribution in [3.8, 4) is 0 Å². The van der Waals surface area contributed by atoms with Crippen molar-refractivity contribution in [2.24, 2.45) is 0 Å². The van der Waals surface area contributed by atoms with E-state index in [4.69, 9.17) is 0 Å². The summed E-state index contributed by atoms with van der Waals surface area (Å²) in [4.78, 5) is 27.1. The third-order valence-corrected chi connectivity index (χ3v) is 4.42. The van der Waals surface area contributed by atoms with E-state index in [2.05, 4.69) is 49.3 Å². The van der Waals surface area contributed by atoms with E-state index < -0.39 is 0 Å². The largest absolute Gasteiger partial charge is 0.345 e. The van der Waals surface area contributed by atoms with Crippen LogP contribution in [0, 0.1) is 13.8 Å². The van der Waals surface area contributed by atoms with E-state index in [9.17, 15) is 9.59 Å². The van der Waals surface area contributed by atoms with E-state index >= 15 is 0 Å². The number of amides is 1. The lowest BCUT2D eigenvalue weighted by molar-refractivity contribution is 0.0933. The molecule has 0 saturated carbocycles. The van der Waals surface area contributed by atoms with Crippen LogP contribution in [0.1, 0.15) is 71.9 Å². The van der Waals surface area contributed by atoms with E-state index in [0.717, 1.165) is 12.0 Å². The Hall–Kier alpha value is -2.36. The first-order valence-corrected chi connectivity index (χ1v) is 8.44. The molecule has 0 spiro atoms. The fourth-order valence-electron chi connectivity index (χ4n) is 2.78. The Balaban J connectivity index is 2.30. The van der Waals surface area contributed by atoms with Gasteiger partial charge in [-0.3, -0.25) is 9.59 Å². The molecule has 1 heterocycles. The van der Waals surface area contributed by atoms with Gasteiger partial charge in [0.05, 0.1) is 11.6 Å². The molecule has 2 aromatic rings. The van der Waals surface area contributed by atoms with Gasteiger partial charge in [-0.05, 0) is 48.9 Å². The van der Waals surface area contributed by atoms with Gasteiger partial charge in [0.2, 0.25) is 5.56 Å². The molecule has 1 unspecified atom stereocenters. The Bertz CT molecular complexity index is 790. The zero-order valence-corrected chi connectivity index (χ0v) is 15.1. The van der Waals surface area contributed by atoms with Crippen molar-refractivity contribution in [3.05, 3.63) is 68.6 Å².